The SMILES string of the molecule is O=S(=O)(CC(F)(F)F)[C-](c1c(F)c(F)c2c(F)c(F)c(F)c(F)c2c1F)S(=O)(=O)CC(F)(F)F. The first-order chi connectivity index (χ1) is 15.0. The van der Waals surface area contributed by atoms with Gasteiger partial charge in [0, 0.05) is 16.6 Å². The van der Waals surface area contributed by atoms with Crippen molar-refractivity contribution >= 4 is 30.4 Å². The third-order valence-electron chi connectivity index (χ3n) is 3.81. The fourth-order valence-electron chi connectivity index (χ4n) is 2.73. The Hall–Kier alpha value is -2.44. The number of hydrogen-bond donors (Lipinski definition) is 0. The Labute approximate surface area is 179 Å². The highest BCUT2D eigenvalue weighted by molar-refractivity contribution is 8.13. The normalized spacial score (nSPS) is 13.6. The molecule has 2 rings (SSSR count). The van der Waals surface area contributed by atoms with Gasteiger partial charge in [-0.3, -0.25) is 8.78 Å². The molecule has 0 aromatic heterocycles. The summed E-state index contributed by atoms with van der Waals surface area (Å²) in [4.78, 5) is 0. The quantitative estimate of drug-likeness (QED) is 0.233. The molecule has 0 aliphatic rings. The third-order valence-corrected chi connectivity index (χ3v) is 8.29. The number of alkyl halides is 6. The number of halogens is 13. The molecule has 0 unspecified atom stereocenters. The Kier molecular flexibility index (Phi) is 6.83. The summed E-state index contributed by atoms with van der Waals surface area (Å²) in [5.74, 6) is -27.8. The minimum absolute atomic E-state index is 2.42. The molecule has 2 aromatic carbocycles. The maximum Gasteiger partial charge on any atom is 0.402 e. The standard InChI is InChI=1S/C15H4F13O4S2/c16-6-3-4(9(19)12(22)11(21)8(3)18)7(17)10(20)5(6)13(33(29,30)1-14(23,24)25)34(31,32)2-15(26,27)28/h1-2H2/q-1. The Morgan fingerprint density at radius 2 is 0.794 bits per heavy atom. The highest BCUT2D eigenvalue weighted by Crippen LogP contribution is 2.42. The predicted molar refractivity (Wildman–Crippen MR) is 85.7 cm³/mol. The van der Waals surface area contributed by atoms with E-state index in [-0.39, 0.29) is 0 Å². The highest BCUT2D eigenvalue weighted by Gasteiger charge is 2.47. The molecule has 0 bridgehead atoms. The van der Waals surface area contributed by atoms with E-state index in [4.69, 9.17) is 0 Å². The zero-order valence-corrected chi connectivity index (χ0v) is 16.9. The summed E-state index contributed by atoms with van der Waals surface area (Å²) in [6, 6.07) is 0. The van der Waals surface area contributed by atoms with Crippen molar-refractivity contribution in [2.45, 2.75) is 12.4 Å². The summed E-state index contributed by atoms with van der Waals surface area (Å²) >= 11 is 0. The number of rotatable bonds is 5. The molecule has 0 aliphatic heterocycles. The Balaban J connectivity index is 3.15. The van der Waals surface area contributed by atoms with Crippen molar-refractivity contribution < 1.29 is 73.9 Å². The van der Waals surface area contributed by atoms with Crippen LogP contribution in [-0.2, 0) is 19.7 Å². The summed E-state index contributed by atoms with van der Waals surface area (Å²) in [6.07, 6.45) is -11.9. The van der Waals surface area contributed by atoms with Crippen LogP contribution in [0.4, 0.5) is 57.1 Å². The van der Waals surface area contributed by atoms with Crippen LogP contribution in [0.1, 0.15) is 5.56 Å². The first kappa shape index (κ1) is 27.8. The van der Waals surface area contributed by atoms with Gasteiger partial charge in [-0.2, -0.15) is 26.3 Å². The monoisotopic (exact) mass is 559 g/mol. The molecule has 0 saturated carbocycles. The van der Waals surface area contributed by atoms with Crippen LogP contribution in [0.2, 0.25) is 0 Å². The molecule has 0 amide bonds. The van der Waals surface area contributed by atoms with Gasteiger partial charge < -0.3 is 0 Å². The van der Waals surface area contributed by atoms with Crippen LogP contribution < -0.4 is 0 Å². The Bertz CT molecular complexity index is 1330. The first-order valence-electron chi connectivity index (χ1n) is 7.82. The fourth-order valence-corrected chi connectivity index (χ4v) is 6.74. The molecular formula is C15H4F13O4S2-. The van der Waals surface area contributed by atoms with E-state index in [1.807, 2.05) is 0 Å². The summed E-state index contributed by atoms with van der Waals surface area (Å²) in [5, 5.41) is -4.96. The number of benzene rings is 2. The van der Waals surface area contributed by atoms with Crippen LogP contribution in [0.25, 0.3) is 10.8 Å². The molecule has 192 valence electrons. The maximum atomic E-state index is 14.8. The molecule has 0 aliphatic carbocycles. The second kappa shape index (κ2) is 8.35. The molecule has 0 fully saturated rings. The lowest BCUT2D eigenvalue weighted by Gasteiger charge is -2.29. The van der Waals surface area contributed by atoms with Gasteiger partial charge in [-0.1, -0.05) is 5.56 Å². The minimum Gasteiger partial charge on any atom is -0.283 e. The summed E-state index contributed by atoms with van der Waals surface area (Å²) in [6.45, 7) is 0. The molecule has 0 atom stereocenters. The van der Waals surface area contributed by atoms with Gasteiger partial charge in [0.2, 0.25) is 0 Å². The van der Waals surface area contributed by atoms with E-state index in [9.17, 15) is 73.9 Å². The molecule has 2 aromatic rings. The van der Waals surface area contributed by atoms with Crippen molar-refractivity contribution in [2.24, 2.45) is 0 Å². The molecule has 0 N–H and O–H groups in total. The van der Waals surface area contributed by atoms with Crippen LogP contribution in [-0.4, -0.2) is 40.7 Å². The van der Waals surface area contributed by atoms with E-state index < -0.39 is 105 Å². The number of sulfone groups is 2. The number of fused-ring (bicyclic) bond motifs is 1. The summed E-state index contributed by atoms with van der Waals surface area (Å²) in [7, 11) is -13.5. The van der Waals surface area contributed by atoms with Gasteiger partial charge in [0.1, 0.15) is 17.3 Å². The molecule has 0 heterocycles. The van der Waals surface area contributed by atoms with E-state index in [2.05, 4.69) is 0 Å². The summed E-state index contributed by atoms with van der Waals surface area (Å²) in [5.41, 5.74) is -3.04. The fraction of sp³-hybridized carbons (Fsp3) is 0.267. The second-order valence-corrected chi connectivity index (χ2v) is 10.5. The van der Waals surface area contributed by atoms with Crippen molar-refractivity contribution in [1.29, 1.82) is 0 Å². The van der Waals surface area contributed by atoms with Crippen molar-refractivity contribution in [1.82, 2.24) is 0 Å². The maximum absolute atomic E-state index is 14.8. The van der Waals surface area contributed by atoms with Gasteiger partial charge in [-0.15, -0.1) is 0 Å². The third kappa shape index (κ3) is 4.98. The van der Waals surface area contributed by atoms with Crippen molar-refractivity contribution in [3.8, 4) is 0 Å². The molecule has 0 saturated heterocycles. The van der Waals surface area contributed by atoms with Gasteiger partial charge in [0.05, 0.1) is 10.4 Å². The minimum atomic E-state index is -6.76. The second-order valence-electron chi connectivity index (χ2n) is 6.36. The van der Waals surface area contributed by atoms with Crippen LogP contribution in [0.15, 0.2) is 0 Å². The van der Waals surface area contributed by atoms with Gasteiger partial charge >= 0.3 is 12.4 Å². The van der Waals surface area contributed by atoms with Gasteiger partial charge in [-0.05, 0) is 0 Å². The van der Waals surface area contributed by atoms with Crippen molar-refractivity contribution in [3.05, 3.63) is 50.9 Å². The van der Waals surface area contributed by atoms with E-state index in [0.717, 1.165) is 0 Å². The van der Waals surface area contributed by atoms with Crippen LogP contribution in [0.5, 0.6) is 0 Å². The van der Waals surface area contributed by atoms with Crippen LogP contribution in [0.3, 0.4) is 0 Å². The topological polar surface area (TPSA) is 68.3 Å². The van der Waals surface area contributed by atoms with Gasteiger partial charge in [0.25, 0.3) is 0 Å². The molecule has 34 heavy (non-hydrogen) atoms. The lowest BCUT2D eigenvalue weighted by molar-refractivity contribution is -0.107. The van der Waals surface area contributed by atoms with E-state index in [0.29, 0.717) is 0 Å². The van der Waals surface area contributed by atoms with Gasteiger partial charge in [-0.25, -0.2) is 38.8 Å². The smallest absolute Gasteiger partial charge is 0.283 e. The van der Waals surface area contributed by atoms with Crippen molar-refractivity contribution in [3.63, 3.8) is 0 Å². The average molecular weight is 559 g/mol. The molecule has 4 nitrogen and oxygen atoms in total. The Morgan fingerprint density at radius 3 is 1.12 bits per heavy atom. The van der Waals surface area contributed by atoms with E-state index >= 15 is 0 Å². The lowest BCUT2D eigenvalue weighted by atomic mass is 10.0. The molecule has 19 heteroatoms. The molecule has 0 spiro atoms. The summed E-state index contributed by atoms with van der Waals surface area (Å²) < 4.78 is 219. The number of hydrogen-bond acceptors (Lipinski definition) is 4. The lowest BCUT2D eigenvalue weighted by Crippen LogP contribution is -2.37. The largest absolute Gasteiger partial charge is 0.402 e. The molecule has 0 radical (unpaired) electrons. The first-order valence-corrected chi connectivity index (χ1v) is 11.1. The van der Waals surface area contributed by atoms with E-state index in [1.54, 1.807) is 0 Å². The highest BCUT2D eigenvalue weighted by atomic mass is 32.3. The van der Waals surface area contributed by atoms with E-state index in [1.165, 1.54) is 0 Å². The van der Waals surface area contributed by atoms with Gasteiger partial charge in [0.15, 0.2) is 42.9 Å². The Morgan fingerprint density at radius 1 is 0.500 bits per heavy atom. The zero-order chi connectivity index (χ0) is 26.8. The van der Waals surface area contributed by atoms with Crippen LogP contribution >= 0.6 is 0 Å². The predicted octanol–water partition coefficient (Wildman–Crippen LogP) is 4.61. The zero-order valence-electron chi connectivity index (χ0n) is 15.3. The van der Waals surface area contributed by atoms with Crippen molar-refractivity contribution in [2.75, 3.05) is 11.5 Å². The average Bonchev–Trinajstić information content (AvgIpc) is 2.60. The van der Waals surface area contributed by atoms with Crippen LogP contribution in [0, 0.1) is 45.3 Å². The molecular weight excluding hydrogens is 555 g/mol.